The summed E-state index contributed by atoms with van der Waals surface area (Å²) >= 11 is 0. The lowest BCUT2D eigenvalue weighted by molar-refractivity contribution is -0.0498. The molecular weight excluding hydrogens is 773 g/mol. The van der Waals surface area contributed by atoms with Crippen molar-refractivity contribution in [2.75, 3.05) is 36.3 Å². The first-order valence-electron chi connectivity index (χ1n) is 17.8. The van der Waals surface area contributed by atoms with E-state index in [9.17, 15) is 17.6 Å². The molecule has 4 aromatic heterocycles. The number of nitrogens with two attached hydrogens (primary N) is 2. The first kappa shape index (κ1) is 39.8. The van der Waals surface area contributed by atoms with E-state index >= 15 is 0 Å². The summed E-state index contributed by atoms with van der Waals surface area (Å²) in [6, 6.07) is 27.9. The van der Waals surface area contributed by atoms with Crippen LogP contribution in [0.5, 0.6) is 5.75 Å². The van der Waals surface area contributed by atoms with Crippen molar-refractivity contribution in [2.45, 2.75) is 26.7 Å². The molecule has 0 fully saturated rings. The minimum atomic E-state index is -2.94. The van der Waals surface area contributed by atoms with Gasteiger partial charge in [0.15, 0.2) is 23.3 Å². The van der Waals surface area contributed by atoms with Crippen molar-refractivity contribution in [3.63, 3.8) is 0 Å². The molecule has 6 N–H and O–H groups in total. The lowest BCUT2D eigenvalue weighted by Crippen LogP contribution is -2.12. The Morgan fingerprint density at radius 2 is 1.02 bits per heavy atom. The van der Waals surface area contributed by atoms with Gasteiger partial charge in [0.25, 0.3) is 0 Å². The van der Waals surface area contributed by atoms with Crippen LogP contribution < -0.4 is 26.8 Å². The molecule has 302 valence electrons. The summed E-state index contributed by atoms with van der Waals surface area (Å²) in [4.78, 5) is 25.9. The lowest BCUT2D eigenvalue weighted by Gasteiger charge is -2.13. The third kappa shape index (κ3) is 8.80. The van der Waals surface area contributed by atoms with Crippen molar-refractivity contribution in [1.82, 2.24) is 39.0 Å². The molecule has 19 heteroatoms. The summed E-state index contributed by atoms with van der Waals surface area (Å²) in [5, 5.41) is 5.75. The van der Waals surface area contributed by atoms with Gasteiger partial charge in [0, 0.05) is 25.6 Å². The van der Waals surface area contributed by atoms with Gasteiger partial charge in [-0.25, -0.2) is 9.97 Å². The topological polar surface area (TPSA) is 191 Å². The summed E-state index contributed by atoms with van der Waals surface area (Å²) in [6.07, 6.45) is 0. The molecule has 0 saturated heterocycles. The number of fused-ring (bicyclic) bond motifs is 2. The Kier molecular flexibility index (Phi) is 11.8. The van der Waals surface area contributed by atoms with Crippen LogP contribution in [0.25, 0.3) is 34.0 Å². The first-order valence-corrected chi connectivity index (χ1v) is 17.8. The Morgan fingerprint density at radius 3 is 1.44 bits per heavy atom. The van der Waals surface area contributed by atoms with Crippen LogP contribution in [0.15, 0.2) is 97.1 Å². The van der Waals surface area contributed by atoms with Crippen LogP contribution in [-0.2, 0) is 22.7 Å². The number of imidazole rings is 2. The monoisotopic (exact) mass is 808 g/mol. The highest BCUT2D eigenvalue weighted by Crippen LogP contribution is 2.28. The second-order valence-corrected chi connectivity index (χ2v) is 12.7. The molecule has 4 aromatic carbocycles. The number of aryl methyl sites for hydroxylation is 1. The molecule has 0 aliphatic rings. The van der Waals surface area contributed by atoms with Crippen LogP contribution >= 0.6 is 0 Å². The average molecular weight is 809 g/mol. The van der Waals surface area contributed by atoms with Gasteiger partial charge in [0.1, 0.15) is 30.6 Å². The van der Waals surface area contributed by atoms with Gasteiger partial charge < -0.3 is 36.3 Å². The third-order valence-corrected chi connectivity index (χ3v) is 8.59. The van der Waals surface area contributed by atoms with E-state index in [0.29, 0.717) is 34.1 Å². The average Bonchev–Trinajstić information content (AvgIpc) is 3.78. The van der Waals surface area contributed by atoms with Crippen molar-refractivity contribution in [3.8, 4) is 17.6 Å². The summed E-state index contributed by atoms with van der Waals surface area (Å²) in [5.41, 5.74) is 16.7. The van der Waals surface area contributed by atoms with Crippen molar-refractivity contribution < 1.29 is 31.8 Å². The number of benzene rings is 4. The summed E-state index contributed by atoms with van der Waals surface area (Å²) in [5.74, 6) is -0.987. The van der Waals surface area contributed by atoms with E-state index in [0.717, 1.165) is 16.6 Å². The van der Waals surface area contributed by atoms with Crippen molar-refractivity contribution in [3.05, 3.63) is 126 Å². The zero-order valence-corrected chi connectivity index (χ0v) is 31.7. The zero-order chi connectivity index (χ0) is 41.6. The summed E-state index contributed by atoms with van der Waals surface area (Å²) in [6.45, 7) is -0.543. The van der Waals surface area contributed by atoms with Gasteiger partial charge in [-0.05, 0) is 67.6 Å². The maximum absolute atomic E-state index is 14.6. The van der Waals surface area contributed by atoms with E-state index in [1.165, 1.54) is 31.4 Å². The molecule has 0 saturated carbocycles. The second kappa shape index (κ2) is 17.4. The van der Waals surface area contributed by atoms with Gasteiger partial charge in [-0.1, -0.05) is 42.0 Å². The van der Waals surface area contributed by atoms with Gasteiger partial charge in [-0.2, -0.15) is 37.5 Å². The molecule has 0 spiro atoms. The van der Waals surface area contributed by atoms with Gasteiger partial charge in [-0.15, -0.1) is 0 Å². The number of hydrogen-bond acceptors (Lipinski definition) is 13. The van der Waals surface area contributed by atoms with E-state index in [4.69, 9.17) is 20.9 Å². The van der Waals surface area contributed by atoms with Crippen LogP contribution in [0.1, 0.15) is 17.2 Å². The number of alkyl halides is 2. The molecule has 0 atom stereocenters. The van der Waals surface area contributed by atoms with Gasteiger partial charge >= 0.3 is 6.61 Å². The SMILES string of the molecule is COCc1nc2ccccc2n1-c1nc(N)c(F)c(Nc2ccc(C)cc2)n1.COCc1nc2ccccc2n1-c1nc(N)c(F)c(Nc2ccc(OC(F)F)cc2)n1. The van der Waals surface area contributed by atoms with Gasteiger partial charge in [-0.3, -0.25) is 9.13 Å². The second-order valence-electron chi connectivity index (χ2n) is 12.7. The normalized spacial score (nSPS) is 11.2. The standard InChI is InChI=1S/C20H17F3N6O2.C20H19FN6O/c1-30-10-15-26-13-4-2-3-5-14(13)29(15)20-27-17(24)16(21)18(28-20)25-11-6-8-12(9-7-11)31-19(22)23;1-12-7-9-13(10-8-12)23-19-17(21)18(22)25-20(26-19)27-15-6-4-3-5-14(15)24-16(27)11-28-2/h2-9,19H,10H2,1H3,(H3,24,25,27,28);3-10H,11H2,1-2H3,(H3,22,23,25,26). The molecule has 0 aliphatic heterocycles. The van der Waals surface area contributed by atoms with E-state index in [2.05, 4.69) is 45.3 Å². The van der Waals surface area contributed by atoms with Crippen molar-refractivity contribution >= 4 is 56.7 Å². The summed E-state index contributed by atoms with van der Waals surface area (Å²) in [7, 11) is 3.10. The molecule has 0 amide bonds. The molecule has 15 nitrogen and oxygen atoms in total. The number of nitrogens with zero attached hydrogens (tertiary/aromatic N) is 8. The van der Waals surface area contributed by atoms with Crippen LogP contribution in [0.2, 0.25) is 0 Å². The number of hydrogen-bond donors (Lipinski definition) is 4. The minimum absolute atomic E-state index is 0.00694. The quantitative estimate of drug-likeness (QED) is 0.0877. The van der Waals surface area contributed by atoms with Gasteiger partial charge in [0.05, 0.1) is 22.1 Å². The molecule has 0 unspecified atom stereocenters. The molecule has 4 heterocycles. The highest BCUT2D eigenvalue weighted by molar-refractivity contribution is 5.79. The molecule has 0 radical (unpaired) electrons. The predicted octanol–water partition coefficient (Wildman–Crippen LogP) is 7.76. The number of halogens is 4. The number of nitrogens with one attached hydrogen (secondary N) is 2. The Bertz CT molecular complexity index is 2730. The minimum Gasteiger partial charge on any atom is -0.435 e. The molecule has 59 heavy (non-hydrogen) atoms. The zero-order valence-electron chi connectivity index (χ0n) is 31.7. The molecule has 0 bridgehead atoms. The smallest absolute Gasteiger partial charge is 0.387 e. The van der Waals surface area contributed by atoms with Crippen LogP contribution in [-0.4, -0.2) is 59.9 Å². The Morgan fingerprint density at radius 1 is 0.593 bits per heavy atom. The van der Waals surface area contributed by atoms with E-state index < -0.39 is 18.2 Å². The number of para-hydroxylation sites is 4. The number of methoxy groups -OCH3 is 2. The largest absolute Gasteiger partial charge is 0.435 e. The number of ether oxygens (including phenoxy) is 3. The Labute approximate surface area is 333 Å². The first-order chi connectivity index (χ1) is 28.5. The Balaban J connectivity index is 0.000000180. The Hall–Kier alpha value is -7.38. The van der Waals surface area contributed by atoms with E-state index in [1.807, 2.05) is 79.7 Å². The highest BCUT2D eigenvalue weighted by Gasteiger charge is 2.21. The molecule has 0 aliphatic carbocycles. The fraction of sp³-hybridized carbons (Fsp3) is 0.150. The maximum Gasteiger partial charge on any atom is 0.387 e. The summed E-state index contributed by atoms with van der Waals surface area (Å²) < 4.78 is 72.0. The number of anilines is 6. The molecular formula is C40H36F4N12O3. The fourth-order valence-corrected chi connectivity index (χ4v) is 5.95. The van der Waals surface area contributed by atoms with E-state index in [1.54, 1.807) is 16.2 Å². The molecule has 8 aromatic rings. The van der Waals surface area contributed by atoms with Crippen molar-refractivity contribution in [1.29, 1.82) is 0 Å². The number of aromatic nitrogens is 8. The highest BCUT2D eigenvalue weighted by atomic mass is 19.3. The van der Waals surface area contributed by atoms with Gasteiger partial charge in [0.2, 0.25) is 23.5 Å². The third-order valence-electron chi connectivity index (χ3n) is 8.59. The predicted molar refractivity (Wildman–Crippen MR) is 214 cm³/mol. The maximum atomic E-state index is 14.6. The van der Waals surface area contributed by atoms with Crippen LogP contribution in [0.3, 0.4) is 0 Å². The van der Waals surface area contributed by atoms with Crippen LogP contribution in [0.4, 0.5) is 52.2 Å². The number of rotatable bonds is 12. The van der Waals surface area contributed by atoms with Crippen molar-refractivity contribution in [2.24, 2.45) is 0 Å². The van der Waals surface area contributed by atoms with E-state index in [-0.39, 0.29) is 54.1 Å². The van der Waals surface area contributed by atoms with Crippen LogP contribution in [0, 0.1) is 18.6 Å². The fourth-order valence-electron chi connectivity index (χ4n) is 5.95. The number of nitrogen functional groups attached to an aromatic ring is 2. The lowest BCUT2D eigenvalue weighted by atomic mass is 10.2. The molecule has 8 rings (SSSR count).